The molecule has 3 aliphatic heterocycles. The summed E-state index contributed by atoms with van der Waals surface area (Å²) in [7, 11) is 0. The van der Waals surface area contributed by atoms with E-state index in [4.69, 9.17) is 0 Å². The molecule has 0 radical (unpaired) electrons. The number of rotatable bonds is 3. The molecule has 0 aromatic carbocycles. The molecule has 4 rings (SSSR count). The van der Waals surface area contributed by atoms with Crippen molar-refractivity contribution in [3.8, 4) is 0 Å². The van der Waals surface area contributed by atoms with Crippen LogP contribution in [0.3, 0.4) is 0 Å². The Bertz CT molecular complexity index is 538. The molecule has 2 atom stereocenters. The monoisotopic (exact) mass is 278 g/mol. The van der Waals surface area contributed by atoms with Crippen molar-refractivity contribution in [2.75, 3.05) is 26.2 Å². The number of hydrogen-bond acceptors (Lipinski definition) is 4. The minimum Gasteiger partial charge on any atom is -0.312 e. The van der Waals surface area contributed by atoms with Crippen LogP contribution in [0.1, 0.15) is 18.5 Å². The number of aryl methyl sites for hydroxylation is 1. The van der Waals surface area contributed by atoms with Crippen LogP contribution in [0.25, 0.3) is 0 Å². The normalized spacial score (nSPS) is 26.6. The van der Waals surface area contributed by atoms with Gasteiger partial charge in [-0.2, -0.15) is 0 Å². The van der Waals surface area contributed by atoms with Gasteiger partial charge in [0.15, 0.2) is 0 Å². The van der Waals surface area contributed by atoms with Gasteiger partial charge in [0.1, 0.15) is 0 Å². The summed E-state index contributed by atoms with van der Waals surface area (Å²) < 4.78 is 1.30. The summed E-state index contributed by atoms with van der Waals surface area (Å²) in [5.41, 5.74) is 0.112. The molecule has 110 valence electrons. The van der Waals surface area contributed by atoms with Gasteiger partial charge in [-0.1, -0.05) is 0 Å². The molecule has 3 saturated heterocycles. The van der Waals surface area contributed by atoms with Gasteiger partial charge < -0.3 is 10.3 Å². The lowest BCUT2D eigenvalue weighted by Gasteiger charge is -2.23. The van der Waals surface area contributed by atoms with Gasteiger partial charge in [-0.3, -0.25) is 14.3 Å². The lowest BCUT2D eigenvalue weighted by atomic mass is 9.97. The van der Waals surface area contributed by atoms with Crippen molar-refractivity contribution in [3.05, 3.63) is 32.6 Å². The minimum atomic E-state index is -0.300. The van der Waals surface area contributed by atoms with E-state index in [1.54, 1.807) is 6.92 Å². The average Bonchev–Trinajstić information content (AvgIpc) is 2.70. The molecule has 3 aliphatic rings. The number of piperidine rings is 1. The van der Waals surface area contributed by atoms with Crippen LogP contribution in [0.2, 0.25) is 0 Å². The third kappa shape index (κ3) is 2.86. The van der Waals surface area contributed by atoms with E-state index < -0.39 is 0 Å². The van der Waals surface area contributed by atoms with E-state index in [1.165, 1.54) is 23.5 Å². The zero-order valence-corrected chi connectivity index (χ0v) is 11.9. The third-order valence-corrected chi connectivity index (χ3v) is 4.41. The summed E-state index contributed by atoms with van der Waals surface area (Å²) in [6, 6.07) is 2.05. The topological polar surface area (TPSA) is 70.1 Å². The molecule has 1 aromatic heterocycles. The molecule has 0 amide bonds. The van der Waals surface area contributed by atoms with E-state index in [0.717, 1.165) is 26.2 Å². The van der Waals surface area contributed by atoms with Crippen LogP contribution in [0.15, 0.2) is 15.7 Å². The Morgan fingerprint density at radius 2 is 2.10 bits per heavy atom. The van der Waals surface area contributed by atoms with E-state index in [2.05, 4.69) is 15.2 Å². The second-order valence-electron chi connectivity index (χ2n) is 6.06. The maximum absolute atomic E-state index is 11.9. The highest BCUT2D eigenvalue weighted by Crippen LogP contribution is 2.20. The van der Waals surface area contributed by atoms with Crippen LogP contribution in [0.4, 0.5) is 0 Å². The Kier molecular flexibility index (Phi) is 3.76. The molecule has 6 nitrogen and oxygen atoms in total. The molecular weight excluding hydrogens is 256 g/mol. The maximum atomic E-state index is 11.9. The molecule has 20 heavy (non-hydrogen) atoms. The SMILES string of the molecule is Cc1cc(=O)n(CCN2C[C@H]3CC[C@@H](C2)NC3)c(=O)[nH]1. The number of nitrogens with zero attached hydrogens (tertiary/aromatic N) is 2. The van der Waals surface area contributed by atoms with Crippen LogP contribution in [0.5, 0.6) is 0 Å². The largest absolute Gasteiger partial charge is 0.328 e. The number of H-pyrrole nitrogens is 1. The summed E-state index contributed by atoms with van der Waals surface area (Å²) in [5.74, 6) is 0.710. The van der Waals surface area contributed by atoms with Crippen molar-refractivity contribution in [1.82, 2.24) is 19.8 Å². The molecule has 0 saturated carbocycles. The lowest BCUT2D eigenvalue weighted by molar-refractivity contribution is 0.251. The maximum Gasteiger partial charge on any atom is 0.328 e. The van der Waals surface area contributed by atoms with Crippen molar-refractivity contribution in [3.63, 3.8) is 0 Å². The first kappa shape index (κ1) is 13.6. The van der Waals surface area contributed by atoms with Crippen LogP contribution in [-0.4, -0.2) is 46.7 Å². The van der Waals surface area contributed by atoms with E-state index >= 15 is 0 Å². The summed E-state index contributed by atoms with van der Waals surface area (Å²) in [5, 5.41) is 3.56. The number of nitrogens with one attached hydrogen (secondary N) is 2. The Morgan fingerprint density at radius 3 is 2.80 bits per heavy atom. The second kappa shape index (κ2) is 5.54. The van der Waals surface area contributed by atoms with Crippen molar-refractivity contribution < 1.29 is 0 Å². The molecule has 3 fully saturated rings. The molecule has 0 spiro atoms. The van der Waals surface area contributed by atoms with Gasteiger partial charge in [-0.15, -0.1) is 0 Å². The first-order valence-corrected chi connectivity index (χ1v) is 7.38. The van der Waals surface area contributed by atoms with Crippen LogP contribution in [-0.2, 0) is 6.54 Å². The van der Waals surface area contributed by atoms with Crippen LogP contribution < -0.4 is 16.6 Å². The van der Waals surface area contributed by atoms with Crippen molar-refractivity contribution >= 4 is 0 Å². The van der Waals surface area contributed by atoms with Gasteiger partial charge in [0.25, 0.3) is 5.56 Å². The molecule has 0 aliphatic carbocycles. The van der Waals surface area contributed by atoms with Crippen LogP contribution >= 0.6 is 0 Å². The highest BCUT2D eigenvalue weighted by molar-refractivity contribution is 4.96. The van der Waals surface area contributed by atoms with Gasteiger partial charge in [0.2, 0.25) is 0 Å². The summed E-state index contributed by atoms with van der Waals surface area (Å²) in [6.45, 7) is 6.16. The summed E-state index contributed by atoms with van der Waals surface area (Å²) >= 11 is 0. The fraction of sp³-hybridized carbons (Fsp3) is 0.714. The van der Waals surface area contributed by atoms with Crippen LogP contribution in [0, 0.1) is 12.8 Å². The standard InChI is InChI=1S/C14H22N4O2/c1-10-6-13(19)18(14(20)16-10)5-4-17-8-11-2-3-12(9-17)15-7-11/h6,11-12,15H,2-5,7-9H2,1H3,(H,16,20)/t11-,12-/m0/s1. The quantitative estimate of drug-likeness (QED) is 0.784. The predicted octanol–water partition coefficient (Wildman–Crippen LogP) is -0.471. The number of aromatic nitrogens is 2. The fourth-order valence-electron chi connectivity index (χ4n) is 3.31. The van der Waals surface area contributed by atoms with Crippen molar-refractivity contribution in [2.24, 2.45) is 5.92 Å². The van der Waals surface area contributed by atoms with E-state index in [1.807, 2.05) is 0 Å². The van der Waals surface area contributed by atoms with E-state index in [9.17, 15) is 9.59 Å². The van der Waals surface area contributed by atoms with Gasteiger partial charge in [0, 0.05) is 44.0 Å². The lowest BCUT2D eigenvalue weighted by Crippen LogP contribution is -2.42. The van der Waals surface area contributed by atoms with Crippen molar-refractivity contribution in [2.45, 2.75) is 32.4 Å². The highest BCUT2D eigenvalue weighted by Gasteiger charge is 2.28. The number of aromatic amines is 1. The Balaban J connectivity index is 1.68. The Morgan fingerprint density at radius 1 is 1.25 bits per heavy atom. The van der Waals surface area contributed by atoms with Gasteiger partial charge in [0.05, 0.1) is 0 Å². The van der Waals surface area contributed by atoms with Gasteiger partial charge >= 0.3 is 5.69 Å². The number of hydrogen-bond donors (Lipinski definition) is 2. The number of fused-ring (bicyclic) bond motifs is 4. The molecule has 0 unspecified atom stereocenters. The zero-order valence-electron chi connectivity index (χ0n) is 11.9. The summed E-state index contributed by atoms with van der Waals surface area (Å²) in [4.78, 5) is 28.7. The molecule has 2 bridgehead atoms. The molecular formula is C14H22N4O2. The first-order valence-electron chi connectivity index (χ1n) is 7.38. The molecule has 4 heterocycles. The molecule has 2 N–H and O–H groups in total. The smallest absolute Gasteiger partial charge is 0.312 e. The third-order valence-electron chi connectivity index (χ3n) is 4.41. The van der Waals surface area contributed by atoms with E-state index in [0.29, 0.717) is 24.2 Å². The minimum absolute atomic E-state index is 0.206. The molecule has 6 heteroatoms. The van der Waals surface area contributed by atoms with Crippen molar-refractivity contribution in [1.29, 1.82) is 0 Å². The zero-order chi connectivity index (χ0) is 14.1. The Labute approximate surface area is 117 Å². The summed E-state index contributed by atoms with van der Waals surface area (Å²) in [6.07, 6.45) is 2.53. The first-order chi connectivity index (χ1) is 9.61. The second-order valence-corrected chi connectivity index (χ2v) is 6.06. The molecule has 1 aromatic rings. The average molecular weight is 278 g/mol. The van der Waals surface area contributed by atoms with Gasteiger partial charge in [-0.25, -0.2) is 4.79 Å². The highest BCUT2D eigenvalue weighted by atomic mass is 16.2. The van der Waals surface area contributed by atoms with E-state index in [-0.39, 0.29) is 11.2 Å². The fourth-order valence-corrected chi connectivity index (χ4v) is 3.31. The Hall–Kier alpha value is -1.40. The predicted molar refractivity (Wildman–Crippen MR) is 77.0 cm³/mol. The van der Waals surface area contributed by atoms with Gasteiger partial charge in [-0.05, 0) is 32.2 Å².